The van der Waals surface area contributed by atoms with E-state index in [1.807, 2.05) is 60.7 Å². The van der Waals surface area contributed by atoms with Crippen LogP contribution in [0, 0.1) is 23.7 Å². The molecule has 0 aliphatic rings. The van der Waals surface area contributed by atoms with Crippen LogP contribution in [-0.2, 0) is 4.57 Å². The highest BCUT2D eigenvalue weighted by atomic mass is 16.5. The number of hydrogen-bond acceptors (Lipinski definition) is 3. The second kappa shape index (κ2) is 11.4. The Morgan fingerprint density at radius 3 is 1.33 bits per heavy atom. The molecule has 0 heterocycles. The van der Waals surface area contributed by atoms with Crippen LogP contribution in [0.25, 0.3) is 0 Å². The normalized spacial score (nSPS) is 7.90. The van der Waals surface area contributed by atoms with Crippen LogP contribution in [0.5, 0.6) is 0 Å². The van der Waals surface area contributed by atoms with Gasteiger partial charge in [-0.1, -0.05) is 48.2 Å². The molecule has 2 aromatic carbocycles. The Hall–Kier alpha value is -2.43. The van der Waals surface area contributed by atoms with Gasteiger partial charge < -0.3 is 14.6 Å². The lowest BCUT2D eigenvalue weighted by Crippen LogP contribution is -2.00. The lowest BCUT2D eigenvalue weighted by atomic mass is 10.2. The lowest BCUT2D eigenvalue weighted by Gasteiger charge is -1.84. The predicted molar refractivity (Wildman–Crippen MR) is 83.7 cm³/mol. The highest BCUT2D eigenvalue weighted by molar-refractivity contribution is 6.32. The van der Waals surface area contributed by atoms with Gasteiger partial charge in [-0.15, -0.1) is 0 Å². The van der Waals surface area contributed by atoms with E-state index in [2.05, 4.69) is 28.3 Å². The van der Waals surface area contributed by atoms with Gasteiger partial charge in [0.1, 0.15) is 0 Å². The first-order valence-electron chi connectivity index (χ1n) is 6.06. The molecule has 0 bridgehead atoms. The minimum atomic E-state index is 0.375. The Bertz CT molecular complexity index is 565. The van der Waals surface area contributed by atoms with Crippen LogP contribution >= 0.6 is 0 Å². The van der Waals surface area contributed by atoms with Gasteiger partial charge >= 0.3 is 15.4 Å². The summed E-state index contributed by atoms with van der Waals surface area (Å²) in [5.41, 5.74) is 1.98. The Morgan fingerprint density at radius 1 is 0.667 bits per heavy atom. The first-order valence-corrected chi connectivity index (χ1v) is 6.06. The van der Waals surface area contributed by atoms with Crippen LogP contribution in [0.2, 0.25) is 0 Å². The third-order valence-corrected chi connectivity index (χ3v) is 2.15. The zero-order chi connectivity index (χ0) is 15.2. The van der Waals surface area contributed by atoms with Gasteiger partial charge in [0, 0.05) is 11.1 Å². The van der Waals surface area contributed by atoms with E-state index in [1.54, 1.807) is 0 Å². The Kier molecular flexibility index (Phi) is 9.03. The molecule has 5 heteroatoms. The van der Waals surface area contributed by atoms with Crippen molar-refractivity contribution >= 4 is 15.4 Å². The third kappa shape index (κ3) is 8.36. The summed E-state index contributed by atoms with van der Waals surface area (Å²) in [6.45, 7) is 0. The van der Waals surface area contributed by atoms with E-state index in [1.165, 1.54) is 0 Å². The molecular weight excluding hydrogens is 262 g/mol. The van der Waals surface area contributed by atoms with Gasteiger partial charge in [0.05, 0.1) is 0 Å². The second-order valence-electron chi connectivity index (χ2n) is 3.58. The van der Waals surface area contributed by atoms with Gasteiger partial charge in [0.25, 0.3) is 0 Å². The summed E-state index contributed by atoms with van der Waals surface area (Å²) < 4.78 is 3.69. The minimum Gasteiger partial charge on any atom is -0.456 e. The highest BCUT2D eigenvalue weighted by Crippen LogP contribution is 1.95. The third-order valence-electron chi connectivity index (χ3n) is 2.15. The Labute approximate surface area is 126 Å². The lowest BCUT2D eigenvalue weighted by molar-refractivity contribution is 0.408. The van der Waals surface area contributed by atoms with Crippen LogP contribution in [-0.4, -0.2) is 25.4 Å². The molecule has 0 saturated carbocycles. The molecule has 0 spiro atoms. The molecule has 2 radical (unpaired) electrons. The molecule has 2 rings (SSSR count). The molecule has 0 fully saturated rings. The minimum absolute atomic E-state index is 0.375. The van der Waals surface area contributed by atoms with Gasteiger partial charge in [-0.2, -0.15) is 0 Å². The number of benzene rings is 2. The summed E-state index contributed by atoms with van der Waals surface area (Å²) in [7, 11) is 0.750. The molecule has 0 aromatic heterocycles. The first kappa shape index (κ1) is 16.6. The van der Waals surface area contributed by atoms with Crippen molar-refractivity contribution in [2.24, 2.45) is 0 Å². The molecule has 100 valence electrons. The SMILES string of the molecule is C(C#Cc1ccccc1)#Cc1ccccc1.O[B]O[B]O. The molecule has 2 N–H and O–H groups in total. The van der Waals surface area contributed by atoms with Crippen LogP contribution in [0.1, 0.15) is 11.1 Å². The summed E-state index contributed by atoms with van der Waals surface area (Å²) in [6.07, 6.45) is 0. The van der Waals surface area contributed by atoms with Crippen molar-refractivity contribution in [1.82, 2.24) is 0 Å². The summed E-state index contributed by atoms with van der Waals surface area (Å²) in [4.78, 5) is 0. The van der Waals surface area contributed by atoms with Crippen LogP contribution in [0.3, 0.4) is 0 Å². The zero-order valence-corrected chi connectivity index (χ0v) is 11.2. The van der Waals surface area contributed by atoms with Crippen LogP contribution in [0.4, 0.5) is 0 Å². The fourth-order valence-electron chi connectivity index (χ4n) is 1.28. The maximum Gasteiger partial charge on any atom is 0.469 e. The summed E-state index contributed by atoms with van der Waals surface area (Å²) in [5, 5.41) is 15.1. The van der Waals surface area contributed by atoms with Crippen molar-refractivity contribution in [2.75, 3.05) is 0 Å². The molecule has 0 saturated heterocycles. The topological polar surface area (TPSA) is 49.7 Å². The highest BCUT2D eigenvalue weighted by Gasteiger charge is 1.81. The standard InChI is InChI=1S/C16H10.B2H2O3/c1-3-9-15(10-4-1)13-7-8-14-16-11-5-2-6-12-16;3-1-5-2-4/h1-6,9-12H;3-4H. The van der Waals surface area contributed by atoms with Gasteiger partial charge in [0.15, 0.2) is 0 Å². The van der Waals surface area contributed by atoms with Crippen molar-refractivity contribution in [1.29, 1.82) is 0 Å². The fourth-order valence-corrected chi connectivity index (χ4v) is 1.28. The second-order valence-corrected chi connectivity index (χ2v) is 3.58. The number of rotatable bonds is 2. The quantitative estimate of drug-likeness (QED) is 0.638. The van der Waals surface area contributed by atoms with Crippen molar-refractivity contribution < 1.29 is 14.6 Å². The maximum absolute atomic E-state index is 7.53. The Balaban J connectivity index is 0.000000383. The average molecular weight is 274 g/mol. The number of hydrogen-bond donors (Lipinski definition) is 2. The van der Waals surface area contributed by atoms with Crippen molar-refractivity contribution in [3.05, 3.63) is 71.8 Å². The van der Waals surface area contributed by atoms with Crippen LogP contribution < -0.4 is 0 Å². The van der Waals surface area contributed by atoms with E-state index in [9.17, 15) is 0 Å². The summed E-state index contributed by atoms with van der Waals surface area (Å²) in [5.74, 6) is 11.7. The smallest absolute Gasteiger partial charge is 0.456 e. The molecule has 0 aliphatic heterocycles. The molecular formula is C16H12B2O3. The van der Waals surface area contributed by atoms with Gasteiger partial charge in [-0.3, -0.25) is 0 Å². The monoisotopic (exact) mass is 274 g/mol. The molecule has 0 unspecified atom stereocenters. The van der Waals surface area contributed by atoms with E-state index in [0.717, 1.165) is 11.1 Å². The van der Waals surface area contributed by atoms with Gasteiger partial charge in [-0.25, -0.2) is 0 Å². The summed E-state index contributed by atoms with van der Waals surface area (Å²) >= 11 is 0. The van der Waals surface area contributed by atoms with E-state index < -0.39 is 0 Å². The fraction of sp³-hybridized carbons (Fsp3) is 0. The van der Waals surface area contributed by atoms with E-state index in [-0.39, 0.29) is 0 Å². The predicted octanol–water partition coefficient (Wildman–Crippen LogP) is 1.15. The Morgan fingerprint density at radius 2 is 1.05 bits per heavy atom. The molecule has 0 amide bonds. The molecule has 21 heavy (non-hydrogen) atoms. The van der Waals surface area contributed by atoms with Crippen molar-refractivity contribution in [3.8, 4) is 23.7 Å². The first-order chi connectivity index (χ1) is 10.4. The van der Waals surface area contributed by atoms with E-state index in [4.69, 9.17) is 10.0 Å². The van der Waals surface area contributed by atoms with Crippen LogP contribution in [0.15, 0.2) is 60.7 Å². The van der Waals surface area contributed by atoms with E-state index in [0.29, 0.717) is 15.4 Å². The average Bonchev–Trinajstić information content (AvgIpc) is 2.55. The molecule has 3 nitrogen and oxygen atoms in total. The summed E-state index contributed by atoms with van der Waals surface area (Å²) in [6, 6.07) is 19.7. The van der Waals surface area contributed by atoms with Gasteiger partial charge in [-0.05, 0) is 36.1 Å². The van der Waals surface area contributed by atoms with Gasteiger partial charge in [0.2, 0.25) is 0 Å². The molecule has 2 aromatic rings. The molecule has 0 atom stereocenters. The molecule has 0 aliphatic carbocycles. The maximum atomic E-state index is 7.53. The zero-order valence-electron chi connectivity index (χ0n) is 11.2. The van der Waals surface area contributed by atoms with E-state index >= 15 is 0 Å². The van der Waals surface area contributed by atoms with Crippen molar-refractivity contribution in [3.63, 3.8) is 0 Å². The largest absolute Gasteiger partial charge is 0.469 e. The van der Waals surface area contributed by atoms with Crippen molar-refractivity contribution in [2.45, 2.75) is 0 Å².